The fourth-order valence-electron chi connectivity index (χ4n) is 1.52. The van der Waals surface area contributed by atoms with Crippen LogP contribution >= 0.6 is 0 Å². The first-order valence-corrected chi connectivity index (χ1v) is 4.96. The molecule has 1 aliphatic carbocycles. The van der Waals surface area contributed by atoms with Gasteiger partial charge < -0.3 is 4.80 Å². The second-order valence-electron chi connectivity index (χ2n) is 2.87. The van der Waals surface area contributed by atoms with Gasteiger partial charge in [0.1, 0.15) is 0 Å². The molecule has 1 saturated carbocycles. The van der Waals surface area contributed by atoms with Gasteiger partial charge in [0.2, 0.25) is 9.76 Å². The molecule has 0 aromatic carbocycles. The molecule has 0 unspecified atom stereocenters. The third kappa shape index (κ3) is 2.50. The molecule has 1 rings (SSSR count). The Morgan fingerprint density at radius 2 is 1.89 bits per heavy atom. The molecule has 2 heteroatoms. The van der Waals surface area contributed by atoms with Crippen molar-refractivity contribution in [1.29, 1.82) is 0 Å². The second kappa shape index (κ2) is 4.07. The minimum Gasteiger partial charge on any atom is -0.432 e. The van der Waals surface area contributed by atoms with E-state index in [0.29, 0.717) is 0 Å². The zero-order chi connectivity index (χ0) is 6.53. The van der Waals surface area contributed by atoms with Gasteiger partial charge in [0, 0.05) is 0 Å². The Morgan fingerprint density at radius 3 is 2.44 bits per heavy atom. The Morgan fingerprint density at radius 1 is 1.22 bits per heavy atom. The van der Waals surface area contributed by atoms with Crippen LogP contribution in [0.1, 0.15) is 32.1 Å². The molecule has 0 spiro atoms. The fourth-order valence-corrected chi connectivity index (χ4v) is 2.19. The molecule has 9 heavy (non-hydrogen) atoms. The highest BCUT2D eigenvalue weighted by molar-refractivity contribution is 6.25. The lowest BCUT2D eigenvalue weighted by Crippen LogP contribution is -2.08. The van der Waals surface area contributed by atoms with Crippen LogP contribution < -0.4 is 0 Å². The van der Waals surface area contributed by atoms with E-state index in [4.69, 9.17) is 4.80 Å². The van der Waals surface area contributed by atoms with E-state index >= 15 is 0 Å². The zero-order valence-electron chi connectivity index (χ0n) is 5.77. The Labute approximate surface area is 59.4 Å². The summed E-state index contributed by atoms with van der Waals surface area (Å²) >= 11 is 0. The maximum Gasteiger partial charge on any atom is 0.224 e. The maximum atomic E-state index is 8.65. The van der Waals surface area contributed by atoms with Crippen molar-refractivity contribution in [3.05, 3.63) is 0 Å². The van der Waals surface area contributed by atoms with E-state index in [1.807, 2.05) is 0 Å². The largest absolute Gasteiger partial charge is 0.432 e. The standard InChI is InChI=1S/C7H14OSi/c8-9-6-7-4-2-1-3-5-7/h7-8H,1-6H2. The van der Waals surface area contributed by atoms with Gasteiger partial charge in [-0.05, 0) is 12.0 Å². The molecular weight excluding hydrogens is 128 g/mol. The number of hydrogen-bond donors (Lipinski definition) is 1. The normalized spacial score (nSPS) is 22.3. The summed E-state index contributed by atoms with van der Waals surface area (Å²) in [6.45, 7) is 0. The van der Waals surface area contributed by atoms with Gasteiger partial charge in [0.25, 0.3) is 0 Å². The Kier molecular flexibility index (Phi) is 3.29. The van der Waals surface area contributed by atoms with Gasteiger partial charge >= 0.3 is 0 Å². The van der Waals surface area contributed by atoms with Crippen LogP contribution in [-0.4, -0.2) is 14.6 Å². The summed E-state index contributed by atoms with van der Waals surface area (Å²) in [5, 5.41) is 0. The molecule has 0 bridgehead atoms. The van der Waals surface area contributed by atoms with Crippen LogP contribution in [0.3, 0.4) is 0 Å². The summed E-state index contributed by atoms with van der Waals surface area (Å²) in [5.74, 6) is 0.863. The Balaban J connectivity index is 2.08. The van der Waals surface area contributed by atoms with Crippen molar-refractivity contribution in [3.63, 3.8) is 0 Å². The van der Waals surface area contributed by atoms with Crippen molar-refractivity contribution in [2.45, 2.75) is 38.1 Å². The molecule has 52 valence electrons. The molecule has 0 aliphatic heterocycles. The van der Waals surface area contributed by atoms with E-state index < -0.39 is 0 Å². The third-order valence-electron chi connectivity index (χ3n) is 2.10. The second-order valence-corrected chi connectivity index (χ2v) is 3.59. The minimum atomic E-state index is 0.189. The molecule has 0 aromatic rings. The van der Waals surface area contributed by atoms with Gasteiger partial charge in [-0.25, -0.2) is 0 Å². The summed E-state index contributed by atoms with van der Waals surface area (Å²) in [5.41, 5.74) is 0. The predicted octanol–water partition coefficient (Wildman–Crippen LogP) is 1.60. The van der Waals surface area contributed by atoms with Crippen LogP contribution in [0.4, 0.5) is 0 Å². The molecule has 1 N–H and O–H groups in total. The van der Waals surface area contributed by atoms with Crippen molar-refractivity contribution in [2.24, 2.45) is 5.92 Å². The van der Waals surface area contributed by atoms with Gasteiger partial charge in [-0.3, -0.25) is 0 Å². The summed E-state index contributed by atoms with van der Waals surface area (Å²) in [7, 11) is 0.189. The minimum absolute atomic E-state index is 0.189. The van der Waals surface area contributed by atoms with Crippen molar-refractivity contribution in [2.75, 3.05) is 0 Å². The lowest BCUT2D eigenvalue weighted by Gasteiger charge is -2.19. The first kappa shape index (κ1) is 7.29. The van der Waals surface area contributed by atoms with Crippen LogP contribution in [0.15, 0.2) is 0 Å². The molecule has 1 aliphatic rings. The topological polar surface area (TPSA) is 20.2 Å². The SMILES string of the molecule is O[Si]CC1CCCCC1. The molecule has 1 nitrogen and oxygen atoms in total. The summed E-state index contributed by atoms with van der Waals surface area (Å²) in [4.78, 5) is 8.65. The molecule has 2 radical (unpaired) electrons. The van der Waals surface area contributed by atoms with Gasteiger partial charge in [0.15, 0.2) is 0 Å². The van der Waals surface area contributed by atoms with E-state index in [9.17, 15) is 0 Å². The summed E-state index contributed by atoms with van der Waals surface area (Å²) < 4.78 is 0. The van der Waals surface area contributed by atoms with E-state index in [2.05, 4.69) is 0 Å². The number of rotatable bonds is 2. The molecule has 0 atom stereocenters. The van der Waals surface area contributed by atoms with Crippen molar-refractivity contribution in [1.82, 2.24) is 0 Å². The van der Waals surface area contributed by atoms with Crippen molar-refractivity contribution < 1.29 is 4.80 Å². The smallest absolute Gasteiger partial charge is 0.224 e. The zero-order valence-corrected chi connectivity index (χ0v) is 6.77. The lowest BCUT2D eigenvalue weighted by molar-refractivity contribution is 0.377. The fraction of sp³-hybridized carbons (Fsp3) is 1.00. The highest BCUT2D eigenvalue weighted by Gasteiger charge is 2.12. The van der Waals surface area contributed by atoms with E-state index in [0.717, 1.165) is 12.0 Å². The van der Waals surface area contributed by atoms with Crippen LogP contribution in [0.5, 0.6) is 0 Å². The molecule has 1 fully saturated rings. The molecular formula is C7H14OSi. The number of hydrogen-bond acceptors (Lipinski definition) is 1. The Hall–Kier alpha value is 0.177. The molecule has 0 saturated heterocycles. The van der Waals surface area contributed by atoms with E-state index in [-0.39, 0.29) is 9.76 Å². The highest BCUT2D eigenvalue weighted by atomic mass is 28.2. The van der Waals surface area contributed by atoms with Gasteiger partial charge in [-0.2, -0.15) is 0 Å². The first-order valence-electron chi connectivity index (χ1n) is 3.80. The quantitative estimate of drug-likeness (QED) is 0.581. The molecule has 0 amide bonds. The van der Waals surface area contributed by atoms with Crippen LogP contribution in [0, 0.1) is 5.92 Å². The van der Waals surface area contributed by atoms with E-state index in [1.165, 1.54) is 32.1 Å². The van der Waals surface area contributed by atoms with Gasteiger partial charge in [-0.15, -0.1) is 0 Å². The highest BCUT2D eigenvalue weighted by Crippen LogP contribution is 2.25. The molecule has 0 heterocycles. The average molecular weight is 142 g/mol. The monoisotopic (exact) mass is 142 g/mol. The van der Waals surface area contributed by atoms with Crippen molar-refractivity contribution in [3.8, 4) is 0 Å². The Bertz CT molecular complexity index is 66.6. The van der Waals surface area contributed by atoms with Crippen LogP contribution in [0.2, 0.25) is 6.04 Å². The maximum absolute atomic E-state index is 8.65. The van der Waals surface area contributed by atoms with Crippen LogP contribution in [-0.2, 0) is 0 Å². The third-order valence-corrected chi connectivity index (χ3v) is 2.86. The van der Waals surface area contributed by atoms with Gasteiger partial charge in [0.05, 0.1) is 0 Å². The van der Waals surface area contributed by atoms with Gasteiger partial charge in [-0.1, -0.05) is 32.1 Å². The van der Waals surface area contributed by atoms with E-state index in [1.54, 1.807) is 0 Å². The average Bonchev–Trinajstić information content (AvgIpc) is 1.91. The summed E-state index contributed by atoms with van der Waals surface area (Å²) in [6, 6.07) is 1.07. The predicted molar refractivity (Wildman–Crippen MR) is 39.4 cm³/mol. The lowest BCUT2D eigenvalue weighted by atomic mass is 9.91. The van der Waals surface area contributed by atoms with Crippen molar-refractivity contribution >= 4 is 9.76 Å². The molecule has 0 aromatic heterocycles. The van der Waals surface area contributed by atoms with Crippen LogP contribution in [0.25, 0.3) is 0 Å². The first-order chi connectivity index (χ1) is 4.43. The summed E-state index contributed by atoms with van der Waals surface area (Å²) in [6.07, 6.45) is 6.95.